The number of nitrogens with zero attached hydrogens (tertiary/aromatic N) is 1. The van der Waals surface area contributed by atoms with Crippen LogP contribution in [0.5, 0.6) is 0 Å². The Morgan fingerprint density at radius 3 is 2.94 bits per heavy atom. The molecule has 0 spiro atoms. The first-order valence-corrected chi connectivity index (χ1v) is 5.24. The minimum Gasteiger partial charge on any atom is -0.463 e. The van der Waals surface area contributed by atoms with Crippen LogP contribution in [0.4, 0.5) is 8.78 Å². The summed E-state index contributed by atoms with van der Waals surface area (Å²) >= 11 is 0. The summed E-state index contributed by atoms with van der Waals surface area (Å²) in [5, 5.41) is 0.717. The van der Waals surface area contributed by atoms with Crippen LogP contribution in [0.25, 0.3) is 6.08 Å². The molecule has 2 rings (SSSR count). The molecule has 2 unspecified atom stereocenters. The number of hydrogen-bond donors (Lipinski definition) is 0. The molecule has 1 aromatic carbocycles. The number of halogens is 2. The number of benzene rings is 1. The quantitative estimate of drug-likeness (QED) is 0.562. The predicted octanol–water partition coefficient (Wildman–Crippen LogP) is 0.667. The number of carbonyl (C=O) groups is 1. The molecule has 1 aliphatic heterocycles. The first-order valence-electron chi connectivity index (χ1n) is 5.24. The highest BCUT2D eigenvalue weighted by Crippen LogP contribution is 2.25. The summed E-state index contributed by atoms with van der Waals surface area (Å²) in [6, 6.07) is 6.45. The SMILES string of the molecule is CCOC(=O)C1(F)C=c2ccccc2=NC1F. The minimum absolute atomic E-state index is 0.00723. The monoisotopic (exact) mass is 239 g/mol. The maximum absolute atomic E-state index is 14.2. The van der Waals surface area contributed by atoms with Gasteiger partial charge in [0.05, 0.1) is 12.0 Å². The molecule has 5 heteroatoms. The van der Waals surface area contributed by atoms with Crippen LogP contribution in [0.3, 0.4) is 0 Å². The van der Waals surface area contributed by atoms with E-state index in [4.69, 9.17) is 0 Å². The van der Waals surface area contributed by atoms with Crippen LogP contribution in [0.15, 0.2) is 29.3 Å². The Kier molecular flexibility index (Phi) is 2.92. The molecule has 90 valence electrons. The molecule has 3 nitrogen and oxygen atoms in total. The van der Waals surface area contributed by atoms with E-state index in [0.717, 1.165) is 6.08 Å². The lowest BCUT2D eigenvalue weighted by Gasteiger charge is -2.23. The van der Waals surface area contributed by atoms with E-state index in [1.807, 2.05) is 0 Å². The molecule has 0 N–H and O–H groups in total. The summed E-state index contributed by atoms with van der Waals surface area (Å²) in [6.45, 7) is 1.52. The zero-order chi connectivity index (χ0) is 12.5. The number of para-hydroxylation sites is 1. The lowest BCUT2D eigenvalue weighted by molar-refractivity contribution is -0.156. The van der Waals surface area contributed by atoms with E-state index in [2.05, 4.69) is 9.73 Å². The standard InChI is InChI=1S/C12H11F2NO2/c1-2-17-11(16)12(14)7-8-5-3-4-6-9(8)15-10(12)13/h3-7,10H,2H2,1H3. The molecule has 0 amide bonds. The van der Waals surface area contributed by atoms with E-state index >= 15 is 0 Å². The van der Waals surface area contributed by atoms with Gasteiger partial charge in [-0.05, 0) is 24.3 Å². The molecule has 1 heterocycles. The Bertz CT molecular complexity index is 558. The normalized spacial score (nSPS) is 26.4. The summed E-state index contributed by atoms with van der Waals surface area (Å²) < 4.78 is 32.4. The van der Waals surface area contributed by atoms with Gasteiger partial charge in [-0.1, -0.05) is 18.2 Å². The zero-order valence-corrected chi connectivity index (χ0v) is 9.19. The number of rotatable bonds is 2. The lowest BCUT2D eigenvalue weighted by atomic mass is 10.0. The van der Waals surface area contributed by atoms with Gasteiger partial charge < -0.3 is 4.74 Å². The van der Waals surface area contributed by atoms with E-state index in [1.54, 1.807) is 24.3 Å². The van der Waals surface area contributed by atoms with Gasteiger partial charge in [0.2, 0.25) is 6.30 Å². The highest BCUT2D eigenvalue weighted by molar-refractivity contribution is 5.88. The van der Waals surface area contributed by atoms with Crippen molar-refractivity contribution in [3.8, 4) is 0 Å². The smallest absolute Gasteiger partial charge is 0.353 e. The average molecular weight is 239 g/mol. The molecular formula is C12H11F2NO2. The van der Waals surface area contributed by atoms with Crippen molar-refractivity contribution in [2.24, 2.45) is 4.99 Å². The molecule has 0 saturated carbocycles. The van der Waals surface area contributed by atoms with Crippen molar-refractivity contribution in [1.29, 1.82) is 0 Å². The van der Waals surface area contributed by atoms with Crippen molar-refractivity contribution in [3.05, 3.63) is 34.8 Å². The van der Waals surface area contributed by atoms with Gasteiger partial charge in [0.1, 0.15) is 0 Å². The topological polar surface area (TPSA) is 38.7 Å². The predicted molar refractivity (Wildman–Crippen MR) is 57.1 cm³/mol. The van der Waals surface area contributed by atoms with Crippen molar-refractivity contribution in [1.82, 2.24) is 0 Å². The van der Waals surface area contributed by atoms with E-state index in [0.29, 0.717) is 10.6 Å². The van der Waals surface area contributed by atoms with Crippen LogP contribution in [0.2, 0.25) is 0 Å². The summed E-state index contributed by atoms with van der Waals surface area (Å²) in [6.07, 6.45) is -1.34. The number of carbonyl (C=O) groups excluding carboxylic acids is 1. The maximum Gasteiger partial charge on any atom is 0.353 e. The number of esters is 1. The van der Waals surface area contributed by atoms with Gasteiger partial charge in [-0.15, -0.1) is 0 Å². The van der Waals surface area contributed by atoms with Crippen molar-refractivity contribution >= 4 is 12.0 Å². The average Bonchev–Trinajstić information content (AvgIpc) is 2.31. The fourth-order valence-electron chi connectivity index (χ4n) is 1.64. The number of alkyl halides is 2. The van der Waals surface area contributed by atoms with Gasteiger partial charge in [-0.25, -0.2) is 18.6 Å². The Morgan fingerprint density at radius 1 is 1.53 bits per heavy atom. The molecule has 2 atom stereocenters. The molecule has 0 fully saturated rings. The second-order valence-electron chi connectivity index (χ2n) is 3.66. The minimum atomic E-state index is -2.83. The van der Waals surface area contributed by atoms with Crippen LogP contribution >= 0.6 is 0 Å². The molecule has 0 saturated heterocycles. The number of ether oxygens (including phenoxy) is 1. The van der Waals surface area contributed by atoms with E-state index in [-0.39, 0.29) is 6.61 Å². The summed E-state index contributed by atoms with van der Waals surface area (Å²) in [4.78, 5) is 14.9. The molecule has 0 aliphatic carbocycles. The summed E-state index contributed by atoms with van der Waals surface area (Å²) in [5.74, 6) is -1.24. The number of fused-ring (bicyclic) bond motifs is 1. The van der Waals surface area contributed by atoms with Gasteiger partial charge in [-0.2, -0.15) is 0 Å². The highest BCUT2D eigenvalue weighted by Gasteiger charge is 2.48. The number of hydrogen-bond acceptors (Lipinski definition) is 3. The van der Waals surface area contributed by atoms with Gasteiger partial charge in [-0.3, -0.25) is 0 Å². The Balaban J connectivity index is 2.53. The lowest BCUT2D eigenvalue weighted by Crippen LogP contribution is -2.49. The fourth-order valence-corrected chi connectivity index (χ4v) is 1.64. The van der Waals surface area contributed by atoms with E-state index < -0.39 is 17.9 Å². The third kappa shape index (κ3) is 1.92. The third-order valence-corrected chi connectivity index (χ3v) is 2.49. The van der Waals surface area contributed by atoms with Gasteiger partial charge >= 0.3 is 5.97 Å². The fraction of sp³-hybridized carbons (Fsp3) is 0.333. The Morgan fingerprint density at radius 2 is 2.24 bits per heavy atom. The van der Waals surface area contributed by atoms with Crippen LogP contribution in [0, 0.1) is 0 Å². The molecule has 0 aromatic heterocycles. The molecular weight excluding hydrogens is 228 g/mol. The largest absolute Gasteiger partial charge is 0.463 e. The van der Waals surface area contributed by atoms with Crippen LogP contribution in [-0.4, -0.2) is 24.5 Å². The van der Waals surface area contributed by atoms with Crippen LogP contribution < -0.4 is 10.6 Å². The van der Waals surface area contributed by atoms with Crippen LogP contribution in [0.1, 0.15) is 6.92 Å². The molecule has 0 radical (unpaired) electrons. The van der Waals surface area contributed by atoms with Crippen molar-refractivity contribution < 1.29 is 18.3 Å². The molecule has 1 aromatic rings. The van der Waals surface area contributed by atoms with Gasteiger partial charge in [0.15, 0.2) is 0 Å². The van der Waals surface area contributed by atoms with E-state index in [1.165, 1.54) is 6.92 Å². The second-order valence-corrected chi connectivity index (χ2v) is 3.66. The zero-order valence-electron chi connectivity index (χ0n) is 9.19. The maximum atomic E-state index is 14.2. The molecule has 17 heavy (non-hydrogen) atoms. The van der Waals surface area contributed by atoms with Gasteiger partial charge in [0, 0.05) is 0 Å². The van der Waals surface area contributed by atoms with Crippen molar-refractivity contribution in [3.63, 3.8) is 0 Å². The Labute approximate surface area is 96.4 Å². The van der Waals surface area contributed by atoms with Crippen molar-refractivity contribution in [2.45, 2.75) is 18.9 Å². The summed E-state index contributed by atoms with van der Waals surface area (Å²) in [5.41, 5.74) is -2.83. The van der Waals surface area contributed by atoms with Crippen molar-refractivity contribution in [2.75, 3.05) is 6.61 Å². The first kappa shape index (κ1) is 11.7. The van der Waals surface area contributed by atoms with Crippen LogP contribution in [-0.2, 0) is 9.53 Å². The van der Waals surface area contributed by atoms with Gasteiger partial charge in [0.25, 0.3) is 5.67 Å². The highest BCUT2D eigenvalue weighted by atomic mass is 19.2. The van der Waals surface area contributed by atoms with E-state index in [9.17, 15) is 13.6 Å². The first-order chi connectivity index (χ1) is 8.08. The Hall–Kier alpha value is -1.78. The second kappa shape index (κ2) is 4.24. The third-order valence-electron chi connectivity index (χ3n) is 2.49. The summed E-state index contributed by atoms with van der Waals surface area (Å²) in [7, 11) is 0. The molecule has 0 bridgehead atoms. The molecule has 1 aliphatic rings.